The topological polar surface area (TPSA) is 43.9 Å². The van der Waals surface area contributed by atoms with Gasteiger partial charge in [-0.25, -0.2) is 0 Å². The third-order valence-electron chi connectivity index (χ3n) is 3.77. The molecule has 0 N–H and O–H groups in total. The van der Waals surface area contributed by atoms with E-state index in [0.29, 0.717) is 31.4 Å². The first-order valence-electron chi connectivity index (χ1n) is 6.91. The van der Waals surface area contributed by atoms with Crippen molar-refractivity contribution in [1.29, 1.82) is 0 Å². The second kappa shape index (κ2) is 7.78. The van der Waals surface area contributed by atoms with Crippen LogP contribution in [0.2, 0.25) is 0 Å². The summed E-state index contributed by atoms with van der Waals surface area (Å²) in [6.07, 6.45) is 2.92. The highest BCUT2D eigenvalue weighted by Gasteiger charge is 2.30. The van der Waals surface area contributed by atoms with Gasteiger partial charge in [-0.2, -0.15) is 17.0 Å². The first-order valence-corrected chi connectivity index (χ1v) is 8.84. The summed E-state index contributed by atoms with van der Waals surface area (Å²) < 4.78 is 27.5. The fourth-order valence-corrected chi connectivity index (χ4v) is 3.86. The minimum Gasteiger partial charge on any atom is -0.299 e. The van der Waals surface area contributed by atoms with E-state index in [1.54, 1.807) is 14.1 Å². The average molecular weight is 312 g/mol. The van der Waals surface area contributed by atoms with Crippen molar-refractivity contribution in [1.82, 2.24) is 13.5 Å². The van der Waals surface area contributed by atoms with Crippen molar-refractivity contribution < 1.29 is 8.42 Å². The second-order valence-electron chi connectivity index (χ2n) is 5.08. The van der Waals surface area contributed by atoms with Gasteiger partial charge in [-0.15, -0.1) is 11.6 Å². The molecule has 1 aliphatic heterocycles. The summed E-state index contributed by atoms with van der Waals surface area (Å²) in [6, 6.07) is 0.353. The highest BCUT2D eigenvalue weighted by molar-refractivity contribution is 7.86. The molecular weight excluding hydrogens is 286 g/mol. The zero-order valence-corrected chi connectivity index (χ0v) is 13.8. The lowest BCUT2D eigenvalue weighted by molar-refractivity contribution is 0.233. The molecule has 0 radical (unpaired) electrons. The zero-order valence-electron chi connectivity index (χ0n) is 12.2. The van der Waals surface area contributed by atoms with Crippen LogP contribution in [0.15, 0.2) is 0 Å². The van der Waals surface area contributed by atoms with E-state index in [0.717, 1.165) is 25.9 Å². The van der Waals surface area contributed by atoms with Crippen LogP contribution in [0.4, 0.5) is 0 Å². The molecule has 1 heterocycles. The van der Waals surface area contributed by atoms with Gasteiger partial charge in [-0.1, -0.05) is 6.92 Å². The Labute approximate surface area is 122 Å². The molecule has 1 aliphatic rings. The van der Waals surface area contributed by atoms with Gasteiger partial charge in [-0.05, 0) is 32.4 Å². The lowest BCUT2D eigenvalue weighted by Crippen LogP contribution is -2.46. The van der Waals surface area contributed by atoms with Gasteiger partial charge >= 0.3 is 0 Å². The molecule has 1 unspecified atom stereocenters. The minimum absolute atomic E-state index is 0.353. The van der Waals surface area contributed by atoms with Crippen LogP contribution < -0.4 is 0 Å². The van der Waals surface area contributed by atoms with Crippen molar-refractivity contribution in [3.05, 3.63) is 0 Å². The smallest absolute Gasteiger partial charge is 0.281 e. The number of hydrogen-bond acceptors (Lipinski definition) is 3. The Balaban J connectivity index is 2.58. The minimum atomic E-state index is -3.35. The number of likely N-dealkylation sites (N-methyl/N-ethyl adjacent to an activating group) is 2. The molecule has 0 aromatic rings. The van der Waals surface area contributed by atoms with Gasteiger partial charge in [0.25, 0.3) is 10.2 Å². The molecule has 7 heteroatoms. The molecule has 114 valence electrons. The van der Waals surface area contributed by atoms with Gasteiger partial charge in [0, 0.05) is 39.1 Å². The Bertz CT molecular complexity index is 364. The van der Waals surface area contributed by atoms with Gasteiger partial charge < -0.3 is 0 Å². The lowest BCUT2D eigenvalue weighted by Gasteiger charge is -2.29. The van der Waals surface area contributed by atoms with E-state index in [4.69, 9.17) is 11.6 Å². The first kappa shape index (κ1) is 17.2. The zero-order chi connectivity index (χ0) is 14.5. The van der Waals surface area contributed by atoms with Crippen LogP contribution in [0, 0.1) is 0 Å². The van der Waals surface area contributed by atoms with E-state index >= 15 is 0 Å². The van der Waals surface area contributed by atoms with Crippen LogP contribution in [-0.4, -0.2) is 74.1 Å². The number of nitrogens with zero attached hydrogens (tertiary/aromatic N) is 3. The van der Waals surface area contributed by atoms with Gasteiger partial charge in [0.05, 0.1) is 0 Å². The SMILES string of the molecule is CCN1CCCC1CN(C)S(=O)(=O)N(C)CCCCl. The molecule has 0 saturated carbocycles. The molecule has 1 fully saturated rings. The summed E-state index contributed by atoms with van der Waals surface area (Å²) in [5, 5.41) is 0. The molecular formula is C12H26ClN3O2S. The van der Waals surface area contributed by atoms with Crippen molar-refractivity contribution in [2.45, 2.75) is 32.2 Å². The maximum absolute atomic E-state index is 12.3. The van der Waals surface area contributed by atoms with E-state index in [-0.39, 0.29) is 0 Å². The number of halogens is 1. The molecule has 1 rings (SSSR count). The highest BCUT2D eigenvalue weighted by atomic mass is 35.5. The van der Waals surface area contributed by atoms with Crippen molar-refractivity contribution in [2.75, 3.05) is 46.2 Å². The molecule has 19 heavy (non-hydrogen) atoms. The fraction of sp³-hybridized carbons (Fsp3) is 1.00. The van der Waals surface area contributed by atoms with E-state index in [1.165, 1.54) is 8.61 Å². The Kier molecular flexibility index (Phi) is 7.04. The normalized spacial score (nSPS) is 21.7. The van der Waals surface area contributed by atoms with E-state index in [9.17, 15) is 8.42 Å². The largest absolute Gasteiger partial charge is 0.299 e. The maximum atomic E-state index is 12.3. The second-order valence-corrected chi connectivity index (χ2v) is 7.60. The Morgan fingerprint density at radius 2 is 2.00 bits per heavy atom. The van der Waals surface area contributed by atoms with E-state index in [2.05, 4.69) is 11.8 Å². The fourth-order valence-electron chi connectivity index (χ4n) is 2.54. The quantitative estimate of drug-likeness (QED) is 0.633. The summed E-state index contributed by atoms with van der Waals surface area (Å²) >= 11 is 5.61. The summed E-state index contributed by atoms with van der Waals surface area (Å²) in [4.78, 5) is 2.35. The highest BCUT2D eigenvalue weighted by Crippen LogP contribution is 2.18. The number of alkyl halides is 1. The van der Waals surface area contributed by atoms with Gasteiger partial charge in [0.15, 0.2) is 0 Å². The Morgan fingerprint density at radius 3 is 2.58 bits per heavy atom. The van der Waals surface area contributed by atoms with Crippen molar-refractivity contribution >= 4 is 21.8 Å². The Morgan fingerprint density at radius 1 is 1.32 bits per heavy atom. The van der Waals surface area contributed by atoms with Gasteiger partial charge in [0.1, 0.15) is 0 Å². The standard InChI is InChI=1S/C12H26ClN3O2S/c1-4-16-10-5-7-12(16)11-15(3)19(17,18)14(2)9-6-8-13/h12H,4-11H2,1-3H3. The molecule has 0 aromatic carbocycles. The summed E-state index contributed by atoms with van der Waals surface area (Å²) in [7, 11) is -0.0679. The first-order chi connectivity index (χ1) is 8.93. The van der Waals surface area contributed by atoms with Crippen LogP contribution in [0.3, 0.4) is 0 Å². The number of rotatable bonds is 8. The third kappa shape index (κ3) is 4.56. The molecule has 0 aromatic heterocycles. The molecule has 5 nitrogen and oxygen atoms in total. The van der Waals surface area contributed by atoms with Gasteiger partial charge in [0.2, 0.25) is 0 Å². The van der Waals surface area contributed by atoms with E-state index in [1.807, 2.05) is 0 Å². The van der Waals surface area contributed by atoms with Crippen LogP contribution in [-0.2, 0) is 10.2 Å². The predicted octanol–water partition coefficient (Wildman–Crippen LogP) is 1.21. The van der Waals surface area contributed by atoms with Crippen LogP contribution in [0.5, 0.6) is 0 Å². The molecule has 0 aliphatic carbocycles. The predicted molar refractivity (Wildman–Crippen MR) is 79.8 cm³/mol. The monoisotopic (exact) mass is 311 g/mol. The van der Waals surface area contributed by atoms with Crippen LogP contribution in [0.25, 0.3) is 0 Å². The molecule has 0 amide bonds. The third-order valence-corrected chi connectivity index (χ3v) is 5.94. The van der Waals surface area contributed by atoms with Crippen molar-refractivity contribution in [3.63, 3.8) is 0 Å². The molecule has 0 bridgehead atoms. The number of likely N-dealkylation sites (tertiary alicyclic amines) is 1. The maximum Gasteiger partial charge on any atom is 0.281 e. The van der Waals surface area contributed by atoms with E-state index < -0.39 is 10.2 Å². The molecule has 1 atom stereocenters. The molecule has 1 saturated heterocycles. The van der Waals surface area contributed by atoms with Crippen LogP contribution in [0.1, 0.15) is 26.2 Å². The number of hydrogen-bond donors (Lipinski definition) is 0. The average Bonchev–Trinajstić information content (AvgIpc) is 2.82. The van der Waals surface area contributed by atoms with Crippen molar-refractivity contribution in [3.8, 4) is 0 Å². The summed E-state index contributed by atoms with van der Waals surface area (Å²) in [5.74, 6) is 0.482. The Hall–Kier alpha value is 0.120. The van der Waals surface area contributed by atoms with Crippen molar-refractivity contribution in [2.24, 2.45) is 0 Å². The summed E-state index contributed by atoms with van der Waals surface area (Å²) in [6.45, 7) is 5.23. The van der Waals surface area contributed by atoms with Crippen LogP contribution >= 0.6 is 11.6 Å². The molecule has 0 spiro atoms. The summed E-state index contributed by atoms with van der Waals surface area (Å²) in [5.41, 5.74) is 0. The lowest BCUT2D eigenvalue weighted by atomic mass is 10.2. The van der Waals surface area contributed by atoms with Gasteiger partial charge in [-0.3, -0.25) is 4.90 Å².